The van der Waals surface area contributed by atoms with Gasteiger partial charge in [-0.2, -0.15) is 0 Å². The third-order valence-corrected chi connectivity index (χ3v) is 5.53. The molecular formula is C24H30ClN3O3. The minimum Gasteiger partial charge on any atom is -0.478 e. The normalized spacial score (nSPS) is 14.5. The molecule has 0 atom stereocenters. The number of nitrogens with one attached hydrogen (secondary N) is 1. The summed E-state index contributed by atoms with van der Waals surface area (Å²) >= 11 is 6.23. The molecule has 6 nitrogen and oxygen atoms in total. The van der Waals surface area contributed by atoms with Crippen LogP contribution in [0.1, 0.15) is 27.7 Å². The molecule has 0 aliphatic carbocycles. The van der Waals surface area contributed by atoms with Gasteiger partial charge < -0.3 is 19.9 Å². The van der Waals surface area contributed by atoms with Crippen molar-refractivity contribution in [3.63, 3.8) is 0 Å². The molecule has 1 N–H and O–H groups in total. The summed E-state index contributed by atoms with van der Waals surface area (Å²) in [6.07, 6.45) is 0. The monoisotopic (exact) mass is 443 g/mol. The molecule has 0 bridgehead atoms. The minimum absolute atomic E-state index is 0.0104. The molecule has 2 aromatic rings. The van der Waals surface area contributed by atoms with Crippen LogP contribution >= 0.6 is 11.6 Å². The standard InChI is InChI=1S/C24H30ClN3O3/c1-17(2)22(29)28-14-12-27(13-15-28)21-11-10-18(25)16-20(21)26-23(30)24(3,4)31-19-8-6-5-7-9-19/h5-11,16-17H,12-15H2,1-4H3,(H,26,30). The first-order chi connectivity index (χ1) is 14.7. The fourth-order valence-corrected chi connectivity index (χ4v) is 3.69. The molecule has 2 aromatic carbocycles. The zero-order chi connectivity index (χ0) is 22.6. The lowest BCUT2D eigenvalue weighted by Crippen LogP contribution is -2.50. The molecule has 0 saturated carbocycles. The number of halogens is 1. The van der Waals surface area contributed by atoms with Crippen LogP contribution in [0.15, 0.2) is 48.5 Å². The second-order valence-electron chi connectivity index (χ2n) is 8.51. The highest BCUT2D eigenvalue weighted by molar-refractivity contribution is 6.31. The predicted octanol–water partition coefficient (Wildman–Crippen LogP) is 4.44. The highest BCUT2D eigenvalue weighted by Gasteiger charge is 2.31. The summed E-state index contributed by atoms with van der Waals surface area (Å²) in [5.41, 5.74) is 0.430. The molecule has 0 radical (unpaired) electrons. The number of hydrogen-bond donors (Lipinski definition) is 1. The van der Waals surface area contributed by atoms with Gasteiger partial charge in [0.1, 0.15) is 5.75 Å². The van der Waals surface area contributed by atoms with Crippen LogP contribution in [-0.4, -0.2) is 48.5 Å². The molecule has 7 heteroatoms. The third-order valence-electron chi connectivity index (χ3n) is 5.30. The first kappa shape index (κ1) is 22.9. The van der Waals surface area contributed by atoms with Crippen molar-refractivity contribution in [3.05, 3.63) is 53.6 Å². The van der Waals surface area contributed by atoms with Crippen LogP contribution in [0.5, 0.6) is 5.75 Å². The number of nitrogens with zero attached hydrogens (tertiary/aromatic N) is 2. The van der Waals surface area contributed by atoms with Crippen LogP contribution in [0.4, 0.5) is 11.4 Å². The van der Waals surface area contributed by atoms with E-state index in [4.69, 9.17) is 16.3 Å². The van der Waals surface area contributed by atoms with E-state index in [1.807, 2.05) is 61.2 Å². The third kappa shape index (κ3) is 5.70. The topological polar surface area (TPSA) is 61.9 Å². The number of para-hydroxylation sites is 1. The number of ether oxygens (including phenoxy) is 1. The Balaban J connectivity index is 1.73. The second-order valence-corrected chi connectivity index (χ2v) is 8.94. The average molecular weight is 444 g/mol. The molecule has 166 valence electrons. The van der Waals surface area contributed by atoms with Gasteiger partial charge in [0.25, 0.3) is 5.91 Å². The number of carbonyl (C=O) groups excluding carboxylic acids is 2. The van der Waals surface area contributed by atoms with Gasteiger partial charge in [0.05, 0.1) is 11.4 Å². The smallest absolute Gasteiger partial charge is 0.268 e. The number of rotatable bonds is 6. The zero-order valence-corrected chi connectivity index (χ0v) is 19.3. The Kier molecular flexibility index (Phi) is 7.11. The Labute approximate surface area is 189 Å². The van der Waals surface area contributed by atoms with Crippen molar-refractivity contribution < 1.29 is 14.3 Å². The van der Waals surface area contributed by atoms with E-state index < -0.39 is 5.60 Å². The Morgan fingerprint density at radius 2 is 1.68 bits per heavy atom. The average Bonchev–Trinajstić information content (AvgIpc) is 2.74. The summed E-state index contributed by atoms with van der Waals surface area (Å²) < 4.78 is 5.91. The summed E-state index contributed by atoms with van der Waals surface area (Å²) in [7, 11) is 0. The highest BCUT2D eigenvalue weighted by atomic mass is 35.5. The van der Waals surface area contributed by atoms with E-state index in [1.54, 1.807) is 19.9 Å². The molecule has 3 rings (SSSR count). The number of piperazine rings is 1. The zero-order valence-electron chi connectivity index (χ0n) is 18.5. The number of benzene rings is 2. The van der Waals surface area contributed by atoms with Crippen molar-refractivity contribution in [2.24, 2.45) is 5.92 Å². The van der Waals surface area contributed by atoms with Crippen molar-refractivity contribution in [2.45, 2.75) is 33.3 Å². The Morgan fingerprint density at radius 3 is 2.29 bits per heavy atom. The van der Waals surface area contributed by atoms with Crippen molar-refractivity contribution in [2.75, 3.05) is 36.4 Å². The van der Waals surface area contributed by atoms with Gasteiger partial charge in [-0.05, 0) is 44.2 Å². The minimum atomic E-state index is -1.08. The van der Waals surface area contributed by atoms with Crippen LogP contribution in [-0.2, 0) is 9.59 Å². The molecule has 0 spiro atoms. The van der Waals surface area contributed by atoms with Gasteiger partial charge >= 0.3 is 0 Å². The fourth-order valence-electron chi connectivity index (χ4n) is 3.52. The molecule has 1 heterocycles. The van der Waals surface area contributed by atoms with E-state index >= 15 is 0 Å². The Bertz CT molecular complexity index is 923. The van der Waals surface area contributed by atoms with E-state index in [1.165, 1.54) is 0 Å². The van der Waals surface area contributed by atoms with E-state index in [0.717, 1.165) is 5.69 Å². The van der Waals surface area contributed by atoms with Gasteiger partial charge in [-0.3, -0.25) is 9.59 Å². The van der Waals surface area contributed by atoms with Crippen molar-refractivity contribution in [1.29, 1.82) is 0 Å². The molecule has 2 amide bonds. The maximum absolute atomic E-state index is 13.1. The van der Waals surface area contributed by atoms with Crippen molar-refractivity contribution in [1.82, 2.24) is 4.90 Å². The molecule has 0 aromatic heterocycles. The SMILES string of the molecule is CC(C)C(=O)N1CCN(c2ccc(Cl)cc2NC(=O)C(C)(C)Oc2ccccc2)CC1. The summed E-state index contributed by atoms with van der Waals surface area (Å²) in [6, 6.07) is 14.7. The molecule has 1 saturated heterocycles. The molecule has 1 fully saturated rings. The van der Waals surface area contributed by atoms with Gasteiger partial charge in [-0.25, -0.2) is 0 Å². The second kappa shape index (κ2) is 9.60. The molecule has 1 aliphatic heterocycles. The molecule has 31 heavy (non-hydrogen) atoms. The van der Waals surface area contributed by atoms with Gasteiger partial charge in [-0.15, -0.1) is 0 Å². The van der Waals surface area contributed by atoms with Gasteiger partial charge in [-0.1, -0.05) is 43.6 Å². The first-order valence-electron chi connectivity index (χ1n) is 10.6. The van der Waals surface area contributed by atoms with E-state index in [0.29, 0.717) is 42.6 Å². The van der Waals surface area contributed by atoms with Crippen LogP contribution < -0.4 is 15.0 Å². The molecule has 0 unspecified atom stereocenters. The fraction of sp³-hybridized carbons (Fsp3) is 0.417. The van der Waals surface area contributed by atoms with Gasteiger partial charge in [0.2, 0.25) is 5.91 Å². The molecular weight excluding hydrogens is 414 g/mol. The van der Waals surface area contributed by atoms with Crippen LogP contribution in [0.25, 0.3) is 0 Å². The summed E-state index contributed by atoms with van der Waals surface area (Å²) in [5, 5.41) is 3.53. The highest BCUT2D eigenvalue weighted by Crippen LogP contribution is 2.31. The quantitative estimate of drug-likeness (QED) is 0.716. The van der Waals surface area contributed by atoms with E-state index in [9.17, 15) is 9.59 Å². The van der Waals surface area contributed by atoms with E-state index in [-0.39, 0.29) is 17.7 Å². The van der Waals surface area contributed by atoms with Crippen LogP contribution in [0, 0.1) is 5.92 Å². The van der Waals surface area contributed by atoms with E-state index in [2.05, 4.69) is 10.2 Å². The lowest BCUT2D eigenvalue weighted by atomic mass is 10.1. The lowest BCUT2D eigenvalue weighted by Gasteiger charge is -2.38. The maximum Gasteiger partial charge on any atom is 0.268 e. The Morgan fingerprint density at radius 1 is 1.03 bits per heavy atom. The predicted molar refractivity (Wildman–Crippen MR) is 125 cm³/mol. The number of amides is 2. The summed E-state index contributed by atoms with van der Waals surface area (Å²) in [6.45, 7) is 9.97. The van der Waals surface area contributed by atoms with Gasteiger partial charge in [0, 0.05) is 37.1 Å². The summed E-state index contributed by atoms with van der Waals surface area (Å²) in [5.74, 6) is 0.515. The van der Waals surface area contributed by atoms with Gasteiger partial charge in [0.15, 0.2) is 5.60 Å². The Hall–Kier alpha value is -2.73. The number of anilines is 2. The lowest BCUT2D eigenvalue weighted by molar-refractivity contribution is -0.134. The number of hydrogen-bond acceptors (Lipinski definition) is 4. The first-order valence-corrected chi connectivity index (χ1v) is 10.9. The van der Waals surface area contributed by atoms with Crippen molar-refractivity contribution in [3.8, 4) is 5.75 Å². The largest absolute Gasteiger partial charge is 0.478 e. The van der Waals surface area contributed by atoms with Crippen LogP contribution in [0.2, 0.25) is 5.02 Å². The number of carbonyl (C=O) groups is 2. The van der Waals surface area contributed by atoms with Crippen LogP contribution in [0.3, 0.4) is 0 Å². The molecule has 1 aliphatic rings. The maximum atomic E-state index is 13.1. The van der Waals surface area contributed by atoms with Crippen molar-refractivity contribution >= 4 is 34.8 Å². The summed E-state index contributed by atoms with van der Waals surface area (Å²) in [4.78, 5) is 29.4.